The highest BCUT2D eigenvalue weighted by atomic mass is 16.4. The van der Waals surface area contributed by atoms with E-state index in [-0.39, 0.29) is 18.4 Å². The molecule has 3 saturated carbocycles. The third-order valence-electron chi connectivity index (χ3n) is 7.78. The van der Waals surface area contributed by atoms with Gasteiger partial charge in [-0.25, -0.2) is 0 Å². The molecular weight excluding hydrogens is 376 g/mol. The number of aliphatic hydroxyl groups is 2. The summed E-state index contributed by atoms with van der Waals surface area (Å²) in [4.78, 5) is 10.6. The molecule has 3 fully saturated rings. The summed E-state index contributed by atoms with van der Waals surface area (Å²) in [7, 11) is 0. The average Bonchev–Trinajstić information content (AvgIpc) is 3.24. The van der Waals surface area contributed by atoms with E-state index in [1.807, 2.05) is 6.08 Å². The largest absolute Gasteiger partial charge is 0.481 e. The standard InChI is InChI=1S/C26H42O4/c27-22(12-6-4-10-19-8-2-1-3-9-19)14-15-23-24-17-20(11-5-7-13-26(29)30)16-21(24)18-25(23)28/h11,14-15,19,21-25,27-28H,1-10,12-13,16-18H2,(H,29,30)/t21-,22-,23-,24+,25-/m1/s1. The number of allylic oxidation sites excluding steroid dienone is 2. The molecule has 0 bridgehead atoms. The monoisotopic (exact) mass is 418 g/mol. The zero-order valence-electron chi connectivity index (χ0n) is 18.6. The van der Waals surface area contributed by atoms with Gasteiger partial charge in [-0.15, -0.1) is 0 Å². The van der Waals surface area contributed by atoms with Gasteiger partial charge in [-0.2, -0.15) is 0 Å². The molecule has 4 heteroatoms. The summed E-state index contributed by atoms with van der Waals surface area (Å²) >= 11 is 0. The van der Waals surface area contributed by atoms with Crippen LogP contribution in [0, 0.1) is 23.7 Å². The van der Waals surface area contributed by atoms with E-state index in [2.05, 4.69) is 12.2 Å². The van der Waals surface area contributed by atoms with Crippen LogP contribution in [0.25, 0.3) is 0 Å². The molecule has 0 aromatic heterocycles. The maximum Gasteiger partial charge on any atom is 0.303 e. The van der Waals surface area contributed by atoms with Crippen LogP contribution < -0.4 is 0 Å². The van der Waals surface area contributed by atoms with E-state index >= 15 is 0 Å². The van der Waals surface area contributed by atoms with E-state index in [4.69, 9.17) is 5.11 Å². The van der Waals surface area contributed by atoms with Crippen molar-refractivity contribution < 1.29 is 20.1 Å². The number of hydrogen-bond donors (Lipinski definition) is 3. The van der Waals surface area contributed by atoms with Crippen molar-refractivity contribution in [1.82, 2.24) is 0 Å². The topological polar surface area (TPSA) is 77.8 Å². The summed E-state index contributed by atoms with van der Waals surface area (Å²) < 4.78 is 0. The molecule has 0 aromatic rings. The Morgan fingerprint density at radius 2 is 1.90 bits per heavy atom. The highest BCUT2D eigenvalue weighted by molar-refractivity contribution is 5.66. The third-order valence-corrected chi connectivity index (χ3v) is 7.78. The number of hydrogen-bond acceptors (Lipinski definition) is 3. The quantitative estimate of drug-likeness (QED) is 0.300. The fourth-order valence-corrected chi connectivity index (χ4v) is 6.11. The predicted molar refractivity (Wildman–Crippen MR) is 120 cm³/mol. The lowest BCUT2D eigenvalue weighted by atomic mass is 9.85. The fourth-order valence-electron chi connectivity index (χ4n) is 6.11. The van der Waals surface area contributed by atoms with E-state index in [0.29, 0.717) is 18.3 Å². The molecule has 3 N–H and O–H groups in total. The first-order valence-corrected chi connectivity index (χ1v) is 12.5. The van der Waals surface area contributed by atoms with Gasteiger partial charge in [0.05, 0.1) is 12.2 Å². The lowest BCUT2D eigenvalue weighted by Gasteiger charge is -2.21. The Morgan fingerprint density at radius 3 is 2.67 bits per heavy atom. The van der Waals surface area contributed by atoms with E-state index < -0.39 is 12.1 Å². The molecule has 0 unspecified atom stereocenters. The Labute approximate surface area is 182 Å². The van der Waals surface area contributed by atoms with Crippen molar-refractivity contribution in [3.63, 3.8) is 0 Å². The van der Waals surface area contributed by atoms with E-state index in [9.17, 15) is 15.0 Å². The van der Waals surface area contributed by atoms with Gasteiger partial charge in [0.25, 0.3) is 0 Å². The molecule has 5 atom stereocenters. The summed E-state index contributed by atoms with van der Waals surface area (Å²) in [6, 6.07) is 0. The van der Waals surface area contributed by atoms with Crippen LogP contribution in [0.4, 0.5) is 0 Å². The van der Waals surface area contributed by atoms with Gasteiger partial charge < -0.3 is 15.3 Å². The first kappa shape index (κ1) is 23.5. The van der Waals surface area contributed by atoms with Crippen LogP contribution in [0.5, 0.6) is 0 Å². The van der Waals surface area contributed by atoms with Gasteiger partial charge in [0, 0.05) is 12.3 Å². The predicted octanol–water partition coefficient (Wildman–Crippen LogP) is 5.63. The van der Waals surface area contributed by atoms with Gasteiger partial charge >= 0.3 is 5.97 Å². The summed E-state index contributed by atoms with van der Waals surface area (Å²) in [5.41, 5.74) is 1.43. The van der Waals surface area contributed by atoms with Crippen molar-refractivity contribution in [2.24, 2.45) is 23.7 Å². The Bertz CT molecular complexity index is 590. The molecule has 0 radical (unpaired) electrons. The van der Waals surface area contributed by atoms with Gasteiger partial charge in [0.2, 0.25) is 0 Å². The van der Waals surface area contributed by atoms with Crippen LogP contribution in [0.15, 0.2) is 23.8 Å². The van der Waals surface area contributed by atoms with Crippen molar-refractivity contribution in [3.8, 4) is 0 Å². The molecule has 0 aliphatic heterocycles. The SMILES string of the molecule is O=C(O)CCCC=C1C[C@@H]2C[C@@H](O)[C@H](C=C[C@H](O)CCCCC3CCCCC3)[C@H]2C1. The van der Waals surface area contributed by atoms with Crippen molar-refractivity contribution in [2.45, 2.75) is 109 Å². The number of aliphatic carboxylic acids is 1. The first-order chi connectivity index (χ1) is 14.5. The zero-order chi connectivity index (χ0) is 21.3. The van der Waals surface area contributed by atoms with E-state index in [0.717, 1.165) is 44.4 Å². The second-order valence-corrected chi connectivity index (χ2v) is 10.1. The molecule has 0 saturated heterocycles. The lowest BCUT2D eigenvalue weighted by molar-refractivity contribution is -0.137. The highest BCUT2D eigenvalue weighted by Gasteiger charge is 2.44. The van der Waals surface area contributed by atoms with Gasteiger partial charge in [0.15, 0.2) is 0 Å². The Kier molecular flexibility index (Phi) is 9.45. The molecule has 0 heterocycles. The van der Waals surface area contributed by atoms with Gasteiger partial charge in [0.1, 0.15) is 0 Å². The number of fused-ring (bicyclic) bond motifs is 1. The Morgan fingerprint density at radius 1 is 1.10 bits per heavy atom. The molecule has 3 rings (SSSR count). The van der Waals surface area contributed by atoms with E-state index in [1.54, 1.807) is 0 Å². The van der Waals surface area contributed by atoms with Crippen LogP contribution in [-0.2, 0) is 4.79 Å². The average molecular weight is 419 g/mol. The summed E-state index contributed by atoms with van der Waals surface area (Å²) in [6.45, 7) is 0. The molecule has 30 heavy (non-hydrogen) atoms. The summed E-state index contributed by atoms with van der Waals surface area (Å²) in [5, 5.41) is 29.7. The molecule has 0 amide bonds. The van der Waals surface area contributed by atoms with Gasteiger partial charge in [-0.3, -0.25) is 4.79 Å². The lowest BCUT2D eigenvalue weighted by Crippen LogP contribution is -2.17. The van der Waals surface area contributed by atoms with Crippen molar-refractivity contribution in [1.29, 1.82) is 0 Å². The number of aliphatic hydroxyl groups excluding tert-OH is 2. The van der Waals surface area contributed by atoms with Crippen LogP contribution in [0.1, 0.15) is 96.3 Å². The molecule has 0 aromatic carbocycles. The van der Waals surface area contributed by atoms with Crippen molar-refractivity contribution in [2.75, 3.05) is 0 Å². The molecule has 0 spiro atoms. The van der Waals surface area contributed by atoms with Crippen LogP contribution in [-0.4, -0.2) is 33.5 Å². The zero-order valence-corrected chi connectivity index (χ0v) is 18.6. The summed E-state index contributed by atoms with van der Waals surface area (Å²) in [5.74, 6) is 1.36. The molecule has 3 aliphatic carbocycles. The minimum absolute atomic E-state index is 0.150. The molecule has 4 nitrogen and oxygen atoms in total. The normalized spacial score (nSPS) is 32.1. The van der Waals surface area contributed by atoms with E-state index in [1.165, 1.54) is 50.5 Å². The Hall–Kier alpha value is -1.13. The van der Waals surface area contributed by atoms with Gasteiger partial charge in [-0.1, -0.05) is 75.2 Å². The fraction of sp³-hybridized carbons (Fsp3) is 0.808. The van der Waals surface area contributed by atoms with Crippen LogP contribution in [0.3, 0.4) is 0 Å². The second kappa shape index (κ2) is 12.0. The number of rotatable bonds is 11. The maximum absolute atomic E-state index is 10.6. The maximum atomic E-state index is 10.6. The van der Waals surface area contributed by atoms with Gasteiger partial charge in [-0.05, 0) is 56.3 Å². The smallest absolute Gasteiger partial charge is 0.303 e. The summed E-state index contributed by atoms with van der Waals surface area (Å²) in [6.07, 6.45) is 21.8. The first-order valence-electron chi connectivity index (χ1n) is 12.5. The molecule has 3 aliphatic rings. The Balaban J connectivity index is 1.37. The van der Waals surface area contributed by atoms with Crippen molar-refractivity contribution in [3.05, 3.63) is 23.8 Å². The highest BCUT2D eigenvalue weighted by Crippen LogP contribution is 2.50. The third kappa shape index (κ3) is 7.23. The number of unbranched alkanes of at least 4 members (excludes halogenated alkanes) is 2. The van der Waals surface area contributed by atoms with Crippen LogP contribution >= 0.6 is 0 Å². The number of carboxylic acids is 1. The minimum Gasteiger partial charge on any atom is -0.481 e. The second-order valence-electron chi connectivity index (χ2n) is 10.1. The van der Waals surface area contributed by atoms with Crippen molar-refractivity contribution >= 4 is 5.97 Å². The molecular formula is C26H42O4. The number of carboxylic acid groups (broad SMARTS) is 1. The molecule has 170 valence electrons. The minimum atomic E-state index is -0.724. The number of carbonyl (C=O) groups is 1. The van der Waals surface area contributed by atoms with Crippen LogP contribution in [0.2, 0.25) is 0 Å².